The van der Waals surface area contributed by atoms with Crippen LogP contribution in [0.4, 0.5) is 5.69 Å². The van der Waals surface area contributed by atoms with Gasteiger partial charge >= 0.3 is 5.97 Å². The van der Waals surface area contributed by atoms with Crippen molar-refractivity contribution in [2.75, 3.05) is 7.11 Å². The van der Waals surface area contributed by atoms with E-state index >= 15 is 0 Å². The molecule has 0 aliphatic carbocycles. The molecule has 6 heteroatoms. The molecule has 1 aromatic carbocycles. The third-order valence-corrected chi connectivity index (χ3v) is 2.56. The van der Waals surface area contributed by atoms with E-state index in [-0.39, 0.29) is 11.4 Å². The van der Waals surface area contributed by atoms with Crippen LogP contribution in [-0.4, -0.2) is 23.0 Å². The third-order valence-electron chi connectivity index (χ3n) is 2.56. The molecule has 0 spiro atoms. The van der Waals surface area contributed by atoms with Crippen molar-refractivity contribution < 1.29 is 14.5 Å². The van der Waals surface area contributed by atoms with Crippen LogP contribution >= 0.6 is 0 Å². The van der Waals surface area contributed by atoms with E-state index in [2.05, 4.69) is 9.72 Å². The number of hydrogen-bond acceptors (Lipinski definition) is 5. The molecule has 0 radical (unpaired) electrons. The first-order valence-corrected chi connectivity index (χ1v) is 5.41. The minimum Gasteiger partial charge on any atom is -0.465 e. The van der Waals surface area contributed by atoms with E-state index in [1.807, 2.05) is 0 Å². The van der Waals surface area contributed by atoms with Gasteiger partial charge in [0.25, 0.3) is 5.69 Å². The average molecular weight is 258 g/mol. The van der Waals surface area contributed by atoms with Crippen molar-refractivity contribution >= 4 is 11.7 Å². The quantitative estimate of drug-likeness (QED) is 0.479. The highest BCUT2D eigenvalue weighted by Gasteiger charge is 2.16. The number of hydrogen-bond donors (Lipinski definition) is 0. The fourth-order valence-electron chi connectivity index (χ4n) is 1.65. The van der Waals surface area contributed by atoms with Gasteiger partial charge in [-0.1, -0.05) is 12.1 Å². The van der Waals surface area contributed by atoms with Gasteiger partial charge in [-0.25, -0.2) is 9.78 Å². The molecule has 0 atom stereocenters. The standard InChI is InChI=1S/C13H10N2O4/c1-19-13(16)10-6-4-9(5-7-10)12-11(15(17)18)3-2-8-14-12/h2-8H,1H3. The minimum atomic E-state index is -0.490. The van der Waals surface area contributed by atoms with Crippen molar-refractivity contribution in [1.82, 2.24) is 4.98 Å². The second-order valence-electron chi connectivity index (χ2n) is 3.70. The number of ether oxygens (including phenoxy) is 1. The molecule has 0 amide bonds. The number of aromatic nitrogens is 1. The molecule has 0 aliphatic heterocycles. The molecule has 0 fully saturated rings. The molecule has 96 valence electrons. The topological polar surface area (TPSA) is 82.3 Å². The molecule has 0 N–H and O–H groups in total. The van der Waals surface area contributed by atoms with Crippen molar-refractivity contribution in [3.63, 3.8) is 0 Å². The summed E-state index contributed by atoms with van der Waals surface area (Å²) in [6.45, 7) is 0. The maximum absolute atomic E-state index is 11.3. The minimum absolute atomic E-state index is 0.0756. The van der Waals surface area contributed by atoms with E-state index < -0.39 is 10.9 Å². The maximum Gasteiger partial charge on any atom is 0.337 e. The Morgan fingerprint density at radius 2 is 1.95 bits per heavy atom. The zero-order valence-electron chi connectivity index (χ0n) is 10.1. The highest BCUT2D eigenvalue weighted by atomic mass is 16.6. The molecule has 0 saturated carbocycles. The number of nitro groups is 1. The molecule has 2 aromatic rings. The van der Waals surface area contributed by atoms with E-state index in [0.717, 1.165) is 0 Å². The summed E-state index contributed by atoms with van der Waals surface area (Å²) in [6, 6.07) is 9.17. The molecule has 2 rings (SSSR count). The molecule has 0 unspecified atom stereocenters. The van der Waals surface area contributed by atoms with Crippen LogP contribution in [0.2, 0.25) is 0 Å². The second kappa shape index (κ2) is 5.26. The molecule has 0 bridgehead atoms. The normalized spacial score (nSPS) is 9.95. The van der Waals surface area contributed by atoms with E-state index in [9.17, 15) is 14.9 Å². The number of carbonyl (C=O) groups is 1. The van der Waals surface area contributed by atoms with Gasteiger partial charge in [0, 0.05) is 17.8 Å². The number of nitrogens with zero attached hydrogens (tertiary/aromatic N) is 2. The molecule has 6 nitrogen and oxygen atoms in total. The lowest BCUT2D eigenvalue weighted by molar-refractivity contribution is -0.384. The lowest BCUT2D eigenvalue weighted by atomic mass is 10.1. The summed E-state index contributed by atoms with van der Waals surface area (Å²) in [7, 11) is 1.29. The van der Waals surface area contributed by atoms with Gasteiger partial charge in [-0.3, -0.25) is 10.1 Å². The Hall–Kier alpha value is -2.76. The van der Waals surface area contributed by atoms with E-state index in [1.54, 1.807) is 24.3 Å². The van der Waals surface area contributed by atoms with Gasteiger partial charge in [0.1, 0.15) is 5.69 Å². The fraction of sp³-hybridized carbons (Fsp3) is 0.0769. The van der Waals surface area contributed by atoms with Gasteiger partial charge < -0.3 is 4.74 Å². The van der Waals surface area contributed by atoms with Gasteiger partial charge in [-0.05, 0) is 18.2 Å². The highest BCUT2D eigenvalue weighted by molar-refractivity contribution is 5.90. The Morgan fingerprint density at radius 1 is 1.26 bits per heavy atom. The monoisotopic (exact) mass is 258 g/mol. The molecule has 1 heterocycles. The summed E-state index contributed by atoms with van der Waals surface area (Å²) < 4.78 is 4.58. The Balaban J connectivity index is 2.43. The predicted molar refractivity (Wildman–Crippen MR) is 67.7 cm³/mol. The number of benzene rings is 1. The lowest BCUT2D eigenvalue weighted by Crippen LogP contribution is -2.00. The van der Waals surface area contributed by atoms with Crippen LogP contribution in [0.1, 0.15) is 10.4 Å². The summed E-state index contributed by atoms with van der Waals surface area (Å²) in [4.78, 5) is 25.7. The summed E-state index contributed by atoms with van der Waals surface area (Å²) in [5, 5.41) is 10.9. The summed E-state index contributed by atoms with van der Waals surface area (Å²) in [5.41, 5.74) is 1.14. The Kier molecular flexibility index (Phi) is 3.51. The van der Waals surface area contributed by atoms with Crippen molar-refractivity contribution in [2.45, 2.75) is 0 Å². The second-order valence-corrected chi connectivity index (χ2v) is 3.70. The van der Waals surface area contributed by atoms with Crippen LogP contribution in [0.3, 0.4) is 0 Å². The number of pyridine rings is 1. The van der Waals surface area contributed by atoms with Gasteiger partial charge in [-0.15, -0.1) is 0 Å². The first-order chi connectivity index (χ1) is 9.13. The van der Waals surface area contributed by atoms with Gasteiger partial charge in [0.2, 0.25) is 0 Å². The zero-order valence-corrected chi connectivity index (χ0v) is 10.1. The van der Waals surface area contributed by atoms with E-state index in [0.29, 0.717) is 11.1 Å². The van der Waals surface area contributed by atoms with E-state index in [1.165, 1.54) is 25.4 Å². The maximum atomic E-state index is 11.3. The van der Waals surface area contributed by atoms with Crippen LogP contribution in [0.15, 0.2) is 42.6 Å². The lowest BCUT2D eigenvalue weighted by Gasteiger charge is -2.03. The zero-order chi connectivity index (χ0) is 13.8. The fourth-order valence-corrected chi connectivity index (χ4v) is 1.65. The van der Waals surface area contributed by atoms with Crippen LogP contribution in [0.25, 0.3) is 11.3 Å². The number of methoxy groups -OCH3 is 1. The predicted octanol–water partition coefficient (Wildman–Crippen LogP) is 2.44. The van der Waals surface area contributed by atoms with E-state index in [4.69, 9.17) is 0 Å². The van der Waals surface area contributed by atoms with Crippen LogP contribution in [0.5, 0.6) is 0 Å². The molecule has 1 aromatic heterocycles. The number of esters is 1. The highest BCUT2D eigenvalue weighted by Crippen LogP contribution is 2.27. The Bertz CT molecular complexity index is 623. The summed E-state index contributed by atoms with van der Waals surface area (Å²) >= 11 is 0. The number of carbonyl (C=O) groups excluding carboxylic acids is 1. The summed E-state index contributed by atoms with van der Waals surface area (Å²) in [5.74, 6) is -0.456. The van der Waals surface area contributed by atoms with Crippen LogP contribution in [-0.2, 0) is 4.74 Å². The Morgan fingerprint density at radius 3 is 2.53 bits per heavy atom. The van der Waals surface area contributed by atoms with Crippen molar-refractivity contribution in [3.05, 3.63) is 58.3 Å². The van der Waals surface area contributed by atoms with Crippen LogP contribution < -0.4 is 0 Å². The largest absolute Gasteiger partial charge is 0.465 e. The van der Waals surface area contributed by atoms with Crippen LogP contribution in [0, 0.1) is 10.1 Å². The molecule has 0 saturated heterocycles. The van der Waals surface area contributed by atoms with Gasteiger partial charge in [-0.2, -0.15) is 0 Å². The van der Waals surface area contributed by atoms with Crippen molar-refractivity contribution in [3.8, 4) is 11.3 Å². The van der Waals surface area contributed by atoms with Gasteiger partial charge in [0.15, 0.2) is 0 Å². The van der Waals surface area contributed by atoms with Crippen molar-refractivity contribution in [2.24, 2.45) is 0 Å². The SMILES string of the molecule is COC(=O)c1ccc(-c2ncccc2[N+](=O)[O-])cc1. The first-order valence-electron chi connectivity index (χ1n) is 5.41. The van der Waals surface area contributed by atoms with Gasteiger partial charge in [0.05, 0.1) is 17.6 Å². The molecule has 19 heavy (non-hydrogen) atoms. The molecule has 0 aliphatic rings. The average Bonchev–Trinajstić information content (AvgIpc) is 2.46. The first kappa shape index (κ1) is 12.7. The molecular formula is C13H10N2O4. The summed E-state index contributed by atoms with van der Waals surface area (Å²) in [6.07, 6.45) is 1.48. The Labute approximate surface area is 108 Å². The van der Waals surface area contributed by atoms with Crippen molar-refractivity contribution in [1.29, 1.82) is 0 Å². The number of rotatable bonds is 3. The smallest absolute Gasteiger partial charge is 0.337 e. The molecular weight excluding hydrogens is 248 g/mol. The third kappa shape index (κ3) is 2.57.